The molecule has 7 nitrogen and oxygen atoms in total. The van der Waals surface area contributed by atoms with Crippen LogP contribution in [0.25, 0.3) is 5.69 Å². The Morgan fingerprint density at radius 1 is 1.32 bits per heavy atom. The summed E-state index contributed by atoms with van der Waals surface area (Å²) in [4.78, 5) is 22.9. The summed E-state index contributed by atoms with van der Waals surface area (Å²) < 4.78 is 10.8. The van der Waals surface area contributed by atoms with Gasteiger partial charge in [0.2, 0.25) is 5.69 Å². The van der Waals surface area contributed by atoms with Gasteiger partial charge in [0.15, 0.2) is 5.69 Å². The highest BCUT2D eigenvalue weighted by atomic mass is 35.5. The number of benzene rings is 1. The molecule has 3 rings (SSSR count). The molecule has 1 aliphatic heterocycles. The standard InChI is InChI=1S/C11H6ClN3O4/c1-18-7-3-2-5(12)4-6(7)15-9-8(13-14-15)10(16)19-11(9)17/h2-4H,1H3. The van der Waals surface area contributed by atoms with Crippen LogP contribution in [0.5, 0.6) is 5.75 Å². The molecule has 0 N–H and O–H groups in total. The number of hydrogen-bond donors (Lipinski definition) is 0. The molecule has 0 saturated heterocycles. The topological polar surface area (TPSA) is 83.3 Å². The van der Waals surface area contributed by atoms with Crippen molar-refractivity contribution in [3.8, 4) is 11.4 Å². The summed E-state index contributed by atoms with van der Waals surface area (Å²) in [6.07, 6.45) is 0. The van der Waals surface area contributed by atoms with Gasteiger partial charge in [-0.15, -0.1) is 5.10 Å². The predicted molar refractivity (Wildman–Crippen MR) is 62.7 cm³/mol. The number of halogens is 1. The maximum absolute atomic E-state index is 11.6. The lowest BCUT2D eigenvalue weighted by molar-refractivity contribution is 0.0434. The van der Waals surface area contributed by atoms with E-state index in [-0.39, 0.29) is 11.4 Å². The number of nitrogens with zero attached hydrogens (tertiary/aromatic N) is 3. The lowest BCUT2D eigenvalue weighted by Gasteiger charge is -2.09. The molecule has 0 aliphatic carbocycles. The van der Waals surface area contributed by atoms with Crippen molar-refractivity contribution in [2.45, 2.75) is 0 Å². The Hall–Kier alpha value is -2.41. The average molecular weight is 280 g/mol. The molecule has 0 fully saturated rings. The van der Waals surface area contributed by atoms with Gasteiger partial charge in [0.25, 0.3) is 0 Å². The third-order valence-corrected chi connectivity index (χ3v) is 2.85. The van der Waals surface area contributed by atoms with E-state index in [1.165, 1.54) is 11.8 Å². The highest BCUT2D eigenvalue weighted by molar-refractivity contribution is 6.30. The van der Waals surface area contributed by atoms with Gasteiger partial charge in [-0.05, 0) is 18.2 Å². The first-order valence-corrected chi connectivity index (χ1v) is 5.55. The highest BCUT2D eigenvalue weighted by Gasteiger charge is 2.37. The molecule has 8 heteroatoms. The molecule has 2 aromatic rings. The van der Waals surface area contributed by atoms with Crippen LogP contribution in [0.2, 0.25) is 5.02 Å². The number of esters is 2. The van der Waals surface area contributed by atoms with Crippen LogP contribution in [0.3, 0.4) is 0 Å². The lowest BCUT2D eigenvalue weighted by Crippen LogP contribution is -2.09. The fraction of sp³-hybridized carbons (Fsp3) is 0.0909. The molecule has 0 bridgehead atoms. The maximum Gasteiger partial charge on any atom is 0.369 e. The molecule has 0 unspecified atom stereocenters. The summed E-state index contributed by atoms with van der Waals surface area (Å²) in [6, 6.07) is 4.80. The van der Waals surface area contributed by atoms with E-state index >= 15 is 0 Å². The van der Waals surface area contributed by atoms with Gasteiger partial charge in [-0.25, -0.2) is 14.3 Å². The van der Waals surface area contributed by atoms with Crippen LogP contribution in [-0.4, -0.2) is 34.0 Å². The molecule has 96 valence electrons. The lowest BCUT2D eigenvalue weighted by atomic mass is 10.2. The number of hydrogen-bond acceptors (Lipinski definition) is 6. The molecule has 0 spiro atoms. The Kier molecular flexibility index (Phi) is 2.49. The number of carbonyl (C=O) groups is 2. The Balaban J connectivity index is 2.25. The second-order valence-corrected chi connectivity index (χ2v) is 4.13. The number of carbonyl (C=O) groups excluding carboxylic acids is 2. The Labute approximate surface area is 111 Å². The average Bonchev–Trinajstić information content (AvgIpc) is 2.93. The fourth-order valence-electron chi connectivity index (χ4n) is 1.78. The van der Waals surface area contributed by atoms with Crippen molar-refractivity contribution >= 4 is 23.5 Å². The minimum Gasteiger partial charge on any atom is -0.494 e. The van der Waals surface area contributed by atoms with E-state index in [9.17, 15) is 9.59 Å². The normalized spacial score (nSPS) is 13.4. The number of rotatable bonds is 2. The zero-order valence-corrected chi connectivity index (χ0v) is 10.3. The summed E-state index contributed by atoms with van der Waals surface area (Å²) in [5, 5.41) is 7.82. The number of aromatic nitrogens is 3. The van der Waals surface area contributed by atoms with Crippen molar-refractivity contribution < 1.29 is 19.1 Å². The van der Waals surface area contributed by atoms with Crippen LogP contribution in [-0.2, 0) is 4.74 Å². The number of methoxy groups -OCH3 is 1. The van der Waals surface area contributed by atoms with Gasteiger partial charge >= 0.3 is 11.9 Å². The van der Waals surface area contributed by atoms with E-state index in [0.717, 1.165) is 0 Å². The van der Waals surface area contributed by atoms with Crippen LogP contribution in [0.4, 0.5) is 0 Å². The first-order valence-electron chi connectivity index (χ1n) is 5.18. The van der Waals surface area contributed by atoms with Gasteiger partial charge in [0.05, 0.1) is 7.11 Å². The first-order chi connectivity index (χ1) is 9.11. The summed E-state index contributed by atoms with van der Waals surface area (Å²) in [5.74, 6) is -1.18. The summed E-state index contributed by atoms with van der Waals surface area (Å²) >= 11 is 5.91. The Bertz CT molecular complexity index is 710. The molecule has 0 saturated carbocycles. The van der Waals surface area contributed by atoms with Gasteiger partial charge < -0.3 is 9.47 Å². The molecule has 1 aromatic carbocycles. The zero-order chi connectivity index (χ0) is 13.6. The van der Waals surface area contributed by atoms with Crippen molar-refractivity contribution in [2.24, 2.45) is 0 Å². The monoisotopic (exact) mass is 279 g/mol. The van der Waals surface area contributed by atoms with Crippen molar-refractivity contribution in [3.05, 3.63) is 34.6 Å². The summed E-state index contributed by atoms with van der Waals surface area (Å²) in [7, 11) is 1.47. The van der Waals surface area contributed by atoms with Gasteiger partial charge in [-0.1, -0.05) is 16.8 Å². The SMILES string of the molecule is COc1ccc(Cl)cc1-n1nnc2c1C(=O)OC2=O. The molecule has 1 aliphatic rings. The van der Waals surface area contributed by atoms with Crippen LogP contribution < -0.4 is 4.74 Å². The van der Waals surface area contributed by atoms with Crippen molar-refractivity contribution in [2.75, 3.05) is 7.11 Å². The minimum atomic E-state index is -0.813. The maximum atomic E-state index is 11.6. The second-order valence-electron chi connectivity index (χ2n) is 3.69. The molecule has 0 atom stereocenters. The number of ether oxygens (including phenoxy) is 2. The van der Waals surface area contributed by atoms with Gasteiger partial charge in [-0.3, -0.25) is 0 Å². The van der Waals surface area contributed by atoms with Crippen molar-refractivity contribution in [1.29, 1.82) is 0 Å². The quantitative estimate of drug-likeness (QED) is 0.607. The molecular weight excluding hydrogens is 274 g/mol. The van der Waals surface area contributed by atoms with E-state index in [1.54, 1.807) is 18.2 Å². The fourth-order valence-corrected chi connectivity index (χ4v) is 1.95. The summed E-state index contributed by atoms with van der Waals surface area (Å²) in [6.45, 7) is 0. The Morgan fingerprint density at radius 2 is 2.11 bits per heavy atom. The minimum absolute atomic E-state index is 0.0365. The van der Waals surface area contributed by atoms with E-state index in [1.807, 2.05) is 0 Å². The molecule has 0 amide bonds. The third-order valence-electron chi connectivity index (χ3n) is 2.61. The van der Waals surface area contributed by atoms with Gasteiger partial charge in [0, 0.05) is 5.02 Å². The number of cyclic esters (lactones) is 2. The van der Waals surface area contributed by atoms with Gasteiger partial charge in [0.1, 0.15) is 11.4 Å². The first kappa shape index (κ1) is 11.7. The third kappa shape index (κ3) is 1.66. The molecular formula is C11H6ClN3O4. The van der Waals surface area contributed by atoms with E-state index in [4.69, 9.17) is 16.3 Å². The van der Waals surface area contributed by atoms with Gasteiger partial charge in [-0.2, -0.15) is 0 Å². The van der Waals surface area contributed by atoms with E-state index < -0.39 is 11.9 Å². The van der Waals surface area contributed by atoms with E-state index in [0.29, 0.717) is 16.5 Å². The molecule has 19 heavy (non-hydrogen) atoms. The van der Waals surface area contributed by atoms with Crippen LogP contribution >= 0.6 is 11.6 Å². The van der Waals surface area contributed by atoms with Crippen LogP contribution in [0.15, 0.2) is 18.2 Å². The van der Waals surface area contributed by atoms with Crippen molar-refractivity contribution in [3.63, 3.8) is 0 Å². The largest absolute Gasteiger partial charge is 0.494 e. The molecule has 1 aromatic heterocycles. The van der Waals surface area contributed by atoms with Crippen molar-refractivity contribution in [1.82, 2.24) is 15.0 Å². The Morgan fingerprint density at radius 3 is 2.84 bits per heavy atom. The molecule has 0 radical (unpaired) electrons. The zero-order valence-electron chi connectivity index (χ0n) is 9.58. The number of fused-ring (bicyclic) bond motifs is 1. The van der Waals surface area contributed by atoms with Crippen LogP contribution in [0, 0.1) is 0 Å². The summed E-state index contributed by atoms with van der Waals surface area (Å²) in [5.41, 5.74) is 0.244. The smallest absolute Gasteiger partial charge is 0.369 e. The predicted octanol–water partition coefficient (Wildman–Crippen LogP) is 1.24. The van der Waals surface area contributed by atoms with E-state index in [2.05, 4.69) is 15.0 Å². The second kappa shape index (κ2) is 4.06. The molecule has 2 heterocycles. The van der Waals surface area contributed by atoms with Crippen LogP contribution in [0.1, 0.15) is 21.0 Å². The highest BCUT2D eigenvalue weighted by Crippen LogP contribution is 2.29.